The van der Waals surface area contributed by atoms with Gasteiger partial charge in [-0.3, -0.25) is 4.79 Å². The minimum atomic E-state index is 0.0738. The van der Waals surface area contributed by atoms with E-state index in [4.69, 9.17) is 0 Å². The van der Waals surface area contributed by atoms with Crippen LogP contribution in [0.5, 0.6) is 0 Å². The molecule has 2 aliphatic rings. The second-order valence-corrected chi connectivity index (χ2v) is 7.57. The van der Waals surface area contributed by atoms with Crippen LogP contribution >= 0.6 is 11.8 Å². The van der Waals surface area contributed by atoms with Crippen molar-refractivity contribution >= 4 is 17.7 Å². The fraction of sp³-hybridized carbons (Fsp3) is 0.500. The number of nitrogens with one attached hydrogen (secondary N) is 1. The summed E-state index contributed by atoms with van der Waals surface area (Å²) < 4.78 is 2.17. The van der Waals surface area contributed by atoms with Crippen LogP contribution in [0.25, 0.3) is 0 Å². The van der Waals surface area contributed by atoms with Crippen molar-refractivity contribution in [3.8, 4) is 0 Å². The second kappa shape index (κ2) is 6.59. The van der Waals surface area contributed by atoms with Crippen LogP contribution < -0.4 is 5.32 Å². The number of rotatable bonds is 5. The lowest BCUT2D eigenvalue weighted by Gasteiger charge is -2.26. The Morgan fingerprint density at radius 3 is 2.96 bits per heavy atom. The molecule has 1 aromatic carbocycles. The number of hydrogen-bond acceptors (Lipinski definition) is 4. The number of hydrogen-bond donors (Lipinski definition) is 1. The molecule has 24 heavy (non-hydrogen) atoms. The summed E-state index contributed by atoms with van der Waals surface area (Å²) in [5, 5.41) is 12.5. The average Bonchev–Trinajstić information content (AvgIpc) is 3.36. The quantitative estimate of drug-likeness (QED) is 0.848. The van der Waals surface area contributed by atoms with E-state index < -0.39 is 0 Å². The van der Waals surface area contributed by atoms with Crippen LogP contribution in [0.1, 0.15) is 54.7 Å². The fourth-order valence-corrected chi connectivity index (χ4v) is 4.33. The molecule has 2 aliphatic carbocycles. The first kappa shape index (κ1) is 15.7. The van der Waals surface area contributed by atoms with Gasteiger partial charge in [0, 0.05) is 6.04 Å². The maximum atomic E-state index is 12.4. The summed E-state index contributed by atoms with van der Waals surface area (Å²) in [7, 11) is 0. The van der Waals surface area contributed by atoms with Gasteiger partial charge in [0.05, 0.1) is 11.8 Å². The molecule has 1 fully saturated rings. The van der Waals surface area contributed by atoms with Gasteiger partial charge in [-0.25, -0.2) is 0 Å². The summed E-state index contributed by atoms with van der Waals surface area (Å²) in [6, 6.07) is 9.12. The van der Waals surface area contributed by atoms with Crippen molar-refractivity contribution in [2.24, 2.45) is 0 Å². The Balaban J connectivity index is 1.38. The van der Waals surface area contributed by atoms with Crippen molar-refractivity contribution in [3.05, 3.63) is 41.2 Å². The number of benzene rings is 1. The molecule has 0 unspecified atom stereocenters. The van der Waals surface area contributed by atoms with Crippen molar-refractivity contribution in [2.75, 3.05) is 5.75 Å². The smallest absolute Gasteiger partial charge is 0.230 e. The summed E-state index contributed by atoms with van der Waals surface area (Å²) in [6.07, 6.45) is 5.64. The van der Waals surface area contributed by atoms with Crippen LogP contribution in [0.15, 0.2) is 29.4 Å². The van der Waals surface area contributed by atoms with Gasteiger partial charge in [0.1, 0.15) is 5.82 Å². The molecular weight excluding hydrogens is 320 g/mol. The second-order valence-electron chi connectivity index (χ2n) is 6.63. The Labute approximate surface area is 146 Å². The highest BCUT2D eigenvalue weighted by Gasteiger charge is 2.28. The van der Waals surface area contributed by atoms with Crippen LogP contribution in [-0.4, -0.2) is 26.4 Å². The summed E-state index contributed by atoms with van der Waals surface area (Å²) in [4.78, 5) is 12.4. The van der Waals surface area contributed by atoms with E-state index in [-0.39, 0.29) is 11.9 Å². The third-order valence-corrected chi connectivity index (χ3v) is 5.73. The molecule has 0 aliphatic heterocycles. The van der Waals surface area contributed by atoms with Crippen molar-refractivity contribution in [1.29, 1.82) is 0 Å². The zero-order valence-electron chi connectivity index (χ0n) is 13.9. The lowest BCUT2D eigenvalue weighted by atomic mass is 9.88. The van der Waals surface area contributed by atoms with Gasteiger partial charge >= 0.3 is 0 Å². The maximum Gasteiger partial charge on any atom is 0.230 e. The first-order chi connectivity index (χ1) is 11.7. The normalized spacial score (nSPS) is 19.8. The number of fused-ring (bicyclic) bond motifs is 1. The molecule has 0 bridgehead atoms. The highest BCUT2D eigenvalue weighted by molar-refractivity contribution is 7.99. The lowest BCUT2D eigenvalue weighted by Crippen LogP contribution is -2.32. The maximum absolute atomic E-state index is 12.4. The minimum Gasteiger partial charge on any atom is -0.349 e. The predicted molar refractivity (Wildman–Crippen MR) is 94.0 cm³/mol. The molecule has 1 heterocycles. The Morgan fingerprint density at radius 1 is 1.29 bits per heavy atom. The van der Waals surface area contributed by atoms with Crippen molar-refractivity contribution in [1.82, 2.24) is 20.1 Å². The molecule has 1 aromatic heterocycles. The minimum absolute atomic E-state index is 0.0738. The molecule has 1 saturated carbocycles. The van der Waals surface area contributed by atoms with E-state index in [0.717, 1.165) is 30.2 Å². The highest BCUT2D eigenvalue weighted by atomic mass is 32.2. The van der Waals surface area contributed by atoms with E-state index in [1.807, 2.05) is 6.92 Å². The summed E-state index contributed by atoms with van der Waals surface area (Å²) in [5.41, 5.74) is 2.64. The molecule has 0 radical (unpaired) electrons. The average molecular weight is 342 g/mol. The zero-order valence-corrected chi connectivity index (χ0v) is 14.7. The molecule has 0 spiro atoms. The summed E-state index contributed by atoms with van der Waals surface area (Å²) in [5.74, 6) is 1.41. The largest absolute Gasteiger partial charge is 0.349 e. The lowest BCUT2D eigenvalue weighted by molar-refractivity contribution is -0.119. The Bertz CT molecular complexity index is 753. The van der Waals surface area contributed by atoms with Crippen LogP contribution in [0.4, 0.5) is 0 Å². The third kappa shape index (κ3) is 3.20. The van der Waals surface area contributed by atoms with Crippen LogP contribution in [0.2, 0.25) is 0 Å². The van der Waals surface area contributed by atoms with Crippen molar-refractivity contribution < 1.29 is 4.79 Å². The Hall–Kier alpha value is -1.82. The molecular formula is C18H22N4OS. The fourth-order valence-electron chi connectivity index (χ4n) is 3.47. The topological polar surface area (TPSA) is 59.8 Å². The van der Waals surface area contributed by atoms with Gasteiger partial charge in [-0.1, -0.05) is 36.0 Å². The van der Waals surface area contributed by atoms with Gasteiger partial charge < -0.3 is 9.88 Å². The van der Waals surface area contributed by atoms with Crippen molar-refractivity contribution in [2.45, 2.75) is 56.3 Å². The van der Waals surface area contributed by atoms with E-state index in [9.17, 15) is 4.79 Å². The number of carbonyl (C=O) groups excluding carboxylic acids is 1. The van der Waals surface area contributed by atoms with Crippen LogP contribution in [0, 0.1) is 6.92 Å². The summed E-state index contributed by atoms with van der Waals surface area (Å²) in [6.45, 7) is 1.98. The number of aromatic nitrogens is 3. The van der Waals surface area contributed by atoms with Gasteiger partial charge in [-0.05, 0) is 50.2 Å². The summed E-state index contributed by atoms with van der Waals surface area (Å²) >= 11 is 1.49. The first-order valence-corrected chi connectivity index (χ1v) is 9.62. The Kier molecular flexibility index (Phi) is 4.31. The number of aryl methyl sites for hydroxylation is 2. The van der Waals surface area contributed by atoms with E-state index in [2.05, 4.69) is 44.3 Å². The van der Waals surface area contributed by atoms with E-state index in [1.165, 1.54) is 35.7 Å². The van der Waals surface area contributed by atoms with E-state index in [0.29, 0.717) is 11.8 Å². The van der Waals surface area contributed by atoms with Crippen molar-refractivity contribution in [3.63, 3.8) is 0 Å². The Morgan fingerprint density at radius 2 is 2.12 bits per heavy atom. The predicted octanol–water partition coefficient (Wildman–Crippen LogP) is 3.21. The molecule has 0 saturated heterocycles. The van der Waals surface area contributed by atoms with Gasteiger partial charge in [-0.2, -0.15) is 0 Å². The van der Waals surface area contributed by atoms with E-state index in [1.54, 1.807) is 0 Å². The third-order valence-electron chi connectivity index (χ3n) is 4.78. The number of thioether (sulfide) groups is 1. The standard InChI is InChI=1S/C18H22N4OS/c1-12-20-21-18(22(12)14-9-10-14)24-11-17(23)19-16-8-4-6-13-5-2-3-7-15(13)16/h2-3,5,7,14,16H,4,6,8-11H2,1H3,(H,19,23)/t16-/m0/s1. The van der Waals surface area contributed by atoms with Gasteiger partial charge in [0.15, 0.2) is 5.16 Å². The van der Waals surface area contributed by atoms with Gasteiger partial charge in [0.2, 0.25) is 5.91 Å². The number of nitrogens with zero attached hydrogens (tertiary/aromatic N) is 3. The molecule has 5 nitrogen and oxygen atoms in total. The van der Waals surface area contributed by atoms with Crippen LogP contribution in [-0.2, 0) is 11.2 Å². The molecule has 1 N–H and O–H groups in total. The molecule has 2 aromatic rings. The molecule has 1 atom stereocenters. The molecule has 4 rings (SSSR count). The highest BCUT2D eigenvalue weighted by Crippen LogP contribution is 2.38. The zero-order chi connectivity index (χ0) is 16.5. The van der Waals surface area contributed by atoms with Gasteiger partial charge in [-0.15, -0.1) is 10.2 Å². The van der Waals surface area contributed by atoms with E-state index >= 15 is 0 Å². The monoisotopic (exact) mass is 342 g/mol. The van der Waals surface area contributed by atoms with Gasteiger partial charge in [0.25, 0.3) is 0 Å². The molecule has 126 valence electrons. The van der Waals surface area contributed by atoms with Crippen LogP contribution in [0.3, 0.4) is 0 Å². The SMILES string of the molecule is Cc1nnc(SCC(=O)N[C@H]2CCCc3ccccc32)n1C1CC1. The number of carbonyl (C=O) groups is 1. The molecule has 6 heteroatoms. The number of amides is 1. The molecule has 1 amide bonds. The first-order valence-electron chi connectivity index (χ1n) is 8.64.